The highest BCUT2D eigenvalue weighted by Gasteiger charge is 2.23. The fourth-order valence-electron chi connectivity index (χ4n) is 1.28. The van der Waals surface area contributed by atoms with E-state index < -0.39 is 0 Å². The highest BCUT2D eigenvalue weighted by Crippen LogP contribution is 2.40. The highest BCUT2D eigenvalue weighted by molar-refractivity contribution is 6.31. The second-order valence-electron chi connectivity index (χ2n) is 3.28. The van der Waals surface area contributed by atoms with E-state index in [2.05, 4.69) is 18.2 Å². The monoisotopic (exact) mass is 166 g/mol. The fraction of sp³-hybridized carbons (Fsp3) is 0.400. The van der Waals surface area contributed by atoms with E-state index in [9.17, 15) is 0 Å². The normalized spacial score (nSPS) is 16.9. The Morgan fingerprint density at radius 3 is 2.64 bits per heavy atom. The number of benzene rings is 1. The van der Waals surface area contributed by atoms with Crippen LogP contribution in [0.4, 0.5) is 0 Å². The number of aryl methyl sites for hydroxylation is 1. The Balaban J connectivity index is 2.36. The molecule has 2 rings (SSSR count). The number of hydrogen-bond acceptors (Lipinski definition) is 0. The Kier molecular flexibility index (Phi) is 1.65. The summed E-state index contributed by atoms with van der Waals surface area (Å²) >= 11 is 5.99. The Morgan fingerprint density at radius 1 is 1.36 bits per heavy atom. The quantitative estimate of drug-likeness (QED) is 0.599. The van der Waals surface area contributed by atoms with E-state index in [0.717, 1.165) is 10.9 Å². The molecule has 0 bridgehead atoms. The van der Waals surface area contributed by atoms with Gasteiger partial charge in [0.2, 0.25) is 0 Å². The van der Waals surface area contributed by atoms with Crippen molar-refractivity contribution < 1.29 is 0 Å². The van der Waals surface area contributed by atoms with Crippen molar-refractivity contribution in [1.82, 2.24) is 0 Å². The lowest BCUT2D eigenvalue weighted by molar-refractivity contribution is 1.13. The van der Waals surface area contributed by atoms with Crippen LogP contribution in [0, 0.1) is 6.92 Å². The van der Waals surface area contributed by atoms with E-state index in [1.807, 2.05) is 6.92 Å². The molecule has 0 radical (unpaired) electrons. The van der Waals surface area contributed by atoms with Crippen LogP contribution in [0.5, 0.6) is 0 Å². The van der Waals surface area contributed by atoms with Gasteiger partial charge >= 0.3 is 0 Å². The summed E-state index contributed by atoms with van der Waals surface area (Å²) in [5, 5.41) is 0.911. The molecule has 1 saturated carbocycles. The molecule has 0 spiro atoms. The van der Waals surface area contributed by atoms with Gasteiger partial charge in [-0.05, 0) is 42.9 Å². The summed E-state index contributed by atoms with van der Waals surface area (Å²) in [6.45, 7) is 2.04. The van der Waals surface area contributed by atoms with Gasteiger partial charge in [0.25, 0.3) is 0 Å². The maximum Gasteiger partial charge on any atom is 0.0438 e. The molecule has 0 nitrogen and oxygen atoms in total. The minimum Gasteiger partial charge on any atom is -0.0840 e. The predicted octanol–water partition coefficient (Wildman–Crippen LogP) is 3.53. The van der Waals surface area contributed by atoms with Gasteiger partial charge in [-0.3, -0.25) is 0 Å². The third kappa shape index (κ3) is 1.41. The molecule has 1 aromatic carbocycles. The molecule has 1 aliphatic carbocycles. The molecule has 1 heteroatoms. The lowest BCUT2D eigenvalue weighted by Gasteiger charge is -2.00. The molecule has 0 atom stereocenters. The Morgan fingerprint density at radius 2 is 2.09 bits per heavy atom. The molecule has 11 heavy (non-hydrogen) atoms. The number of rotatable bonds is 1. The Bertz CT molecular complexity index is 274. The van der Waals surface area contributed by atoms with Gasteiger partial charge in [-0.2, -0.15) is 0 Å². The molecule has 0 aromatic heterocycles. The molecule has 1 fully saturated rings. The van der Waals surface area contributed by atoms with Crippen molar-refractivity contribution in [2.75, 3.05) is 0 Å². The van der Waals surface area contributed by atoms with Gasteiger partial charge in [0.15, 0.2) is 0 Å². The van der Waals surface area contributed by atoms with Crippen LogP contribution in [0.3, 0.4) is 0 Å². The molecular formula is C10H11Cl. The molecule has 0 aliphatic heterocycles. The predicted molar refractivity (Wildman–Crippen MR) is 48.2 cm³/mol. The van der Waals surface area contributed by atoms with Crippen molar-refractivity contribution in [3.63, 3.8) is 0 Å². The second-order valence-corrected chi connectivity index (χ2v) is 3.69. The smallest absolute Gasteiger partial charge is 0.0438 e. The standard InChI is InChI=1S/C10H11Cl/c1-7-2-3-9(6-10(7)11)8-4-5-8/h2-3,6,8H,4-5H2,1H3. The molecule has 0 saturated heterocycles. The van der Waals surface area contributed by atoms with Crippen molar-refractivity contribution in [1.29, 1.82) is 0 Å². The largest absolute Gasteiger partial charge is 0.0840 e. The average molecular weight is 167 g/mol. The summed E-state index contributed by atoms with van der Waals surface area (Å²) in [5.74, 6) is 0.813. The maximum absolute atomic E-state index is 5.99. The topological polar surface area (TPSA) is 0 Å². The van der Waals surface area contributed by atoms with E-state index in [-0.39, 0.29) is 0 Å². The molecule has 1 aromatic rings. The van der Waals surface area contributed by atoms with Gasteiger partial charge in [-0.15, -0.1) is 0 Å². The van der Waals surface area contributed by atoms with Crippen LogP contribution in [0.15, 0.2) is 18.2 Å². The van der Waals surface area contributed by atoms with E-state index in [1.54, 1.807) is 0 Å². The van der Waals surface area contributed by atoms with Crippen LogP contribution < -0.4 is 0 Å². The SMILES string of the molecule is Cc1ccc(C2CC2)cc1Cl. The summed E-state index contributed by atoms with van der Waals surface area (Å²) < 4.78 is 0. The maximum atomic E-state index is 5.99. The van der Waals surface area contributed by atoms with E-state index in [4.69, 9.17) is 11.6 Å². The molecular weight excluding hydrogens is 156 g/mol. The van der Waals surface area contributed by atoms with Crippen molar-refractivity contribution >= 4 is 11.6 Å². The summed E-state index contributed by atoms with van der Waals surface area (Å²) in [7, 11) is 0. The van der Waals surface area contributed by atoms with E-state index >= 15 is 0 Å². The zero-order valence-electron chi connectivity index (χ0n) is 6.60. The van der Waals surface area contributed by atoms with E-state index in [0.29, 0.717) is 0 Å². The summed E-state index contributed by atoms with van der Waals surface area (Å²) in [6, 6.07) is 6.41. The number of halogens is 1. The zero-order chi connectivity index (χ0) is 7.84. The van der Waals surface area contributed by atoms with Crippen LogP contribution in [0.25, 0.3) is 0 Å². The van der Waals surface area contributed by atoms with Gasteiger partial charge in [0.1, 0.15) is 0 Å². The molecule has 0 amide bonds. The van der Waals surface area contributed by atoms with Gasteiger partial charge in [-0.25, -0.2) is 0 Å². The number of hydrogen-bond donors (Lipinski definition) is 0. The third-order valence-electron chi connectivity index (χ3n) is 2.24. The molecule has 0 unspecified atom stereocenters. The van der Waals surface area contributed by atoms with E-state index in [1.165, 1.54) is 24.0 Å². The highest BCUT2D eigenvalue weighted by atomic mass is 35.5. The van der Waals surface area contributed by atoms with Crippen LogP contribution in [-0.2, 0) is 0 Å². The first kappa shape index (κ1) is 7.17. The first-order chi connectivity index (χ1) is 5.27. The molecule has 0 heterocycles. The lowest BCUT2D eigenvalue weighted by atomic mass is 10.1. The first-order valence-corrected chi connectivity index (χ1v) is 4.41. The Hall–Kier alpha value is -0.490. The lowest BCUT2D eigenvalue weighted by Crippen LogP contribution is -1.80. The summed E-state index contributed by atoms with van der Waals surface area (Å²) in [6.07, 6.45) is 2.69. The van der Waals surface area contributed by atoms with Gasteiger partial charge in [-0.1, -0.05) is 23.7 Å². The van der Waals surface area contributed by atoms with Crippen molar-refractivity contribution in [2.24, 2.45) is 0 Å². The van der Waals surface area contributed by atoms with Crippen molar-refractivity contribution in [3.05, 3.63) is 34.3 Å². The van der Waals surface area contributed by atoms with Crippen LogP contribution in [-0.4, -0.2) is 0 Å². The first-order valence-electron chi connectivity index (χ1n) is 4.03. The van der Waals surface area contributed by atoms with Crippen LogP contribution in [0.2, 0.25) is 5.02 Å². The zero-order valence-corrected chi connectivity index (χ0v) is 7.36. The van der Waals surface area contributed by atoms with Gasteiger partial charge in [0, 0.05) is 5.02 Å². The molecule has 1 aliphatic rings. The second kappa shape index (κ2) is 2.53. The summed E-state index contributed by atoms with van der Waals surface area (Å²) in [4.78, 5) is 0. The minimum atomic E-state index is 0.813. The fourth-order valence-corrected chi connectivity index (χ4v) is 1.47. The summed E-state index contributed by atoms with van der Waals surface area (Å²) in [5.41, 5.74) is 2.59. The van der Waals surface area contributed by atoms with Crippen LogP contribution >= 0.6 is 11.6 Å². The van der Waals surface area contributed by atoms with Gasteiger partial charge < -0.3 is 0 Å². The molecule has 0 N–H and O–H groups in total. The van der Waals surface area contributed by atoms with Gasteiger partial charge in [0.05, 0.1) is 0 Å². The van der Waals surface area contributed by atoms with Crippen LogP contribution in [0.1, 0.15) is 29.9 Å². The van der Waals surface area contributed by atoms with Crippen molar-refractivity contribution in [3.8, 4) is 0 Å². The minimum absolute atomic E-state index is 0.813. The van der Waals surface area contributed by atoms with Crippen molar-refractivity contribution in [2.45, 2.75) is 25.7 Å². The Labute approximate surface area is 72.2 Å². The third-order valence-corrected chi connectivity index (χ3v) is 2.65. The molecule has 58 valence electrons. The average Bonchev–Trinajstić information content (AvgIpc) is 2.77.